The van der Waals surface area contributed by atoms with Crippen molar-refractivity contribution in [2.24, 2.45) is 0 Å². The second-order valence-electron chi connectivity index (χ2n) is 4.19. The maximum atomic E-state index is 12.6. The van der Waals surface area contributed by atoms with Crippen molar-refractivity contribution in [1.29, 1.82) is 0 Å². The molecule has 0 heterocycles. The van der Waals surface area contributed by atoms with E-state index in [9.17, 15) is 4.39 Å². The number of benzene rings is 1. The maximum Gasteiger partial charge on any atom is 0.123 e. The van der Waals surface area contributed by atoms with Crippen LogP contribution in [0.15, 0.2) is 24.3 Å². The minimum Gasteiger partial charge on any atom is -0.207 e. The van der Waals surface area contributed by atoms with Crippen LogP contribution in [-0.2, 0) is 6.42 Å². The normalized spacial score (nSPS) is 10.6. The van der Waals surface area contributed by atoms with Gasteiger partial charge in [-0.1, -0.05) is 60.4 Å². The van der Waals surface area contributed by atoms with Crippen LogP contribution in [0.4, 0.5) is 4.39 Å². The molecule has 0 saturated heterocycles. The van der Waals surface area contributed by atoms with E-state index in [1.807, 2.05) is 12.1 Å². The summed E-state index contributed by atoms with van der Waals surface area (Å²) in [7, 11) is 0. The standard InChI is InChI=1S/C14H20FI/c15-14-10-8-13(9-11-14)7-5-3-1-2-4-6-12-16/h8-11H,1-7,12H2. The lowest BCUT2D eigenvalue weighted by Crippen LogP contribution is -1.87. The Kier molecular flexibility index (Phi) is 7.81. The van der Waals surface area contributed by atoms with Gasteiger partial charge in [-0.2, -0.15) is 0 Å². The third kappa shape index (κ3) is 6.46. The number of halogens is 2. The predicted octanol–water partition coefficient (Wildman–Crippen LogP) is 5.14. The fourth-order valence-electron chi connectivity index (χ4n) is 1.78. The van der Waals surface area contributed by atoms with Gasteiger partial charge in [0, 0.05) is 0 Å². The van der Waals surface area contributed by atoms with Gasteiger partial charge >= 0.3 is 0 Å². The molecule has 90 valence electrons. The van der Waals surface area contributed by atoms with Gasteiger partial charge < -0.3 is 0 Å². The van der Waals surface area contributed by atoms with Gasteiger partial charge in [0.05, 0.1) is 0 Å². The Balaban J connectivity index is 2.01. The topological polar surface area (TPSA) is 0 Å². The lowest BCUT2D eigenvalue weighted by molar-refractivity contribution is 0.608. The van der Waals surface area contributed by atoms with Crippen molar-refractivity contribution in [3.8, 4) is 0 Å². The second kappa shape index (κ2) is 8.97. The summed E-state index contributed by atoms with van der Waals surface area (Å²) in [5.41, 5.74) is 1.26. The average molecular weight is 334 g/mol. The molecule has 1 aromatic rings. The second-order valence-corrected chi connectivity index (χ2v) is 5.27. The lowest BCUT2D eigenvalue weighted by atomic mass is 10.1. The number of aryl methyl sites for hydroxylation is 1. The van der Waals surface area contributed by atoms with Crippen LogP contribution in [0.2, 0.25) is 0 Å². The Morgan fingerprint density at radius 2 is 1.38 bits per heavy atom. The lowest BCUT2D eigenvalue weighted by Gasteiger charge is -2.02. The molecule has 0 nitrogen and oxygen atoms in total. The highest BCUT2D eigenvalue weighted by Gasteiger charge is 1.95. The molecule has 0 aromatic heterocycles. The molecule has 16 heavy (non-hydrogen) atoms. The fourth-order valence-corrected chi connectivity index (χ4v) is 2.32. The Morgan fingerprint density at radius 3 is 2.00 bits per heavy atom. The first-order chi connectivity index (χ1) is 7.83. The number of unbranched alkanes of at least 4 members (excludes halogenated alkanes) is 5. The number of hydrogen-bond donors (Lipinski definition) is 0. The highest BCUT2D eigenvalue weighted by atomic mass is 127. The molecule has 2 heteroatoms. The van der Waals surface area contributed by atoms with Crippen molar-refractivity contribution in [2.45, 2.75) is 44.9 Å². The van der Waals surface area contributed by atoms with Crippen molar-refractivity contribution in [1.82, 2.24) is 0 Å². The quantitative estimate of drug-likeness (QED) is 0.351. The third-order valence-corrected chi connectivity index (χ3v) is 3.53. The molecule has 0 fully saturated rings. The predicted molar refractivity (Wildman–Crippen MR) is 76.7 cm³/mol. The molecule has 0 aliphatic rings. The van der Waals surface area contributed by atoms with E-state index >= 15 is 0 Å². The molecule has 1 aromatic carbocycles. The highest BCUT2D eigenvalue weighted by molar-refractivity contribution is 14.1. The van der Waals surface area contributed by atoms with Gasteiger partial charge in [-0.25, -0.2) is 4.39 Å². The zero-order chi connectivity index (χ0) is 11.6. The van der Waals surface area contributed by atoms with Crippen molar-refractivity contribution < 1.29 is 4.39 Å². The molecule has 0 unspecified atom stereocenters. The van der Waals surface area contributed by atoms with Crippen molar-refractivity contribution >= 4 is 22.6 Å². The van der Waals surface area contributed by atoms with Crippen molar-refractivity contribution in [3.63, 3.8) is 0 Å². The van der Waals surface area contributed by atoms with Gasteiger partial charge in [0.1, 0.15) is 5.82 Å². The van der Waals surface area contributed by atoms with Crippen molar-refractivity contribution in [2.75, 3.05) is 4.43 Å². The molecule has 0 aliphatic carbocycles. The Labute approximate surface area is 112 Å². The van der Waals surface area contributed by atoms with Crippen molar-refractivity contribution in [3.05, 3.63) is 35.6 Å². The summed E-state index contributed by atoms with van der Waals surface area (Å²) in [6.07, 6.45) is 9.07. The molecule has 0 atom stereocenters. The SMILES string of the molecule is Fc1ccc(CCCCCCCCI)cc1. The van der Waals surface area contributed by atoms with E-state index in [0.717, 1.165) is 6.42 Å². The minimum absolute atomic E-state index is 0.137. The zero-order valence-corrected chi connectivity index (χ0v) is 11.9. The van der Waals surface area contributed by atoms with E-state index in [4.69, 9.17) is 0 Å². The van der Waals surface area contributed by atoms with Crippen LogP contribution in [0.5, 0.6) is 0 Å². The molecule has 0 amide bonds. The van der Waals surface area contributed by atoms with E-state index in [2.05, 4.69) is 22.6 Å². The van der Waals surface area contributed by atoms with Crippen LogP contribution in [0.1, 0.15) is 44.1 Å². The molecular weight excluding hydrogens is 314 g/mol. The van der Waals surface area contributed by atoms with Crippen LogP contribution in [0.3, 0.4) is 0 Å². The van der Waals surface area contributed by atoms with Gasteiger partial charge in [0.2, 0.25) is 0 Å². The van der Waals surface area contributed by atoms with Crippen LogP contribution >= 0.6 is 22.6 Å². The van der Waals surface area contributed by atoms with Crippen LogP contribution in [-0.4, -0.2) is 4.43 Å². The van der Waals surface area contributed by atoms with Crippen LogP contribution < -0.4 is 0 Å². The number of rotatable bonds is 8. The zero-order valence-electron chi connectivity index (χ0n) is 9.72. The monoisotopic (exact) mass is 334 g/mol. The summed E-state index contributed by atoms with van der Waals surface area (Å²) >= 11 is 2.44. The van der Waals surface area contributed by atoms with E-state index in [1.54, 1.807) is 12.1 Å². The fraction of sp³-hybridized carbons (Fsp3) is 0.571. The van der Waals surface area contributed by atoms with Crippen LogP contribution in [0, 0.1) is 5.82 Å². The third-order valence-electron chi connectivity index (χ3n) is 2.76. The first kappa shape index (κ1) is 13.9. The summed E-state index contributed by atoms with van der Waals surface area (Å²) in [5.74, 6) is -0.137. The first-order valence-electron chi connectivity index (χ1n) is 6.13. The summed E-state index contributed by atoms with van der Waals surface area (Å²) in [4.78, 5) is 0. The van der Waals surface area contributed by atoms with E-state index in [-0.39, 0.29) is 5.82 Å². The van der Waals surface area contributed by atoms with Crippen LogP contribution in [0.25, 0.3) is 0 Å². The molecule has 0 radical (unpaired) electrons. The Bertz CT molecular complexity index is 269. The molecule has 1 rings (SSSR count). The summed E-state index contributed by atoms with van der Waals surface area (Å²) in [5, 5.41) is 0. The van der Waals surface area contributed by atoms with Gasteiger partial charge in [0.15, 0.2) is 0 Å². The first-order valence-corrected chi connectivity index (χ1v) is 7.66. The van der Waals surface area contributed by atoms with E-state index < -0.39 is 0 Å². The van der Waals surface area contributed by atoms with Gasteiger partial charge in [-0.3, -0.25) is 0 Å². The summed E-state index contributed by atoms with van der Waals surface area (Å²) in [6, 6.07) is 6.89. The average Bonchev–Trinajstić information content (AvgIpc) is 2.30. The van der Waals surface area contributed by atoms with E-state index in [0.29, 0.717) is 0 Å². The maximum absolute atomic E-state index is 12.6. The highest BCUT2D eigenvalue weighted by Crippen LogP contribution is 2.11. The molecular formula is C14H20FI. The largest absolute Gasteiger partial charge is 0.207 e. The summed E-state index contributed by atoms with van der Waals surface area (Å²) < 4.78 is 13.9. The van der Waals surface area contributed by atoms with Gasteiger partial charge in [0.25, 0.3) is 0 Å². The Hall–Kier alpha value is -0.120. The van der Waals surface area contributed by atoms with E-state index in [1.165, 1.54) is 48.5 Å². The Morgan fingerprint density at radius 1 is 0.812 bits per heavy atom. The molecule has 0 bridgehead atoms. The van der Waals surface area contributed by atoms with Gasteiger partial charge in [-0.05, 0) is 41.4 Å². The van der Waals surface area contributed by atoms with Gasteiger partial charge in [-0.15, -0.1) is 0 Å². The molecule has 0 saturated carbocycles. The molecule has 0 spiro atoms. The number of hydrogen-bond acceptors (Lipinski definition) is 0. The smallest absolute Gasteiger partial charge is 0.123 e. The molecule has 0 N–H and O–H groups in total. The summed E-state index contributed by atoms with van der Waals surface area (Å²) in [6.45, 7) is 0. The molecule has 0 aliphatic heterocycles. The minimum atomic E-state index is -0.137. The number of alkyl halides is 1.